The number of carbonyl (C=O) groups excluding carboxylic acids is 1. The van der Waals surface area contributed by atoms with Gasteiger partial charge >= 0.3 is 0 Å². The summed E-state index contributed by atoms with van der Waals surface area (Å²) in [7, 11) is 0. The topological polar surface area (TPSA) is 41.6 Å². The normalized spacial score (nSPS) is 16.2. The van der Waals surface area contributed by atoms with Gasteiger partial charge in [-0.15, -0.1) is 0 Å². The molecule has 92 valence electrons. The second kappa shape index (κ2) is 7.41. The summed E-state index contributed by atoms with van der Waals surface area (Å²) in [5, 5.41) is 3.23. The Hall–Kier alpha value is -0.870. The van der Waals surface area contributed by atoms with E-state index in [2.05, 4.69) is 18.8 Å². The Bertz CT molecular complexity index is 235. The predicted molar refractivity (Wildman–Crippen MR) is 64.3 cm³/mol. The second-order valence-electron chi connectivity index (χ2n) is 4.02. The van der Waals surface area contributed by atoms with Crippen LogP contribution in [0.25, 0.3) is 0 Å². The molecule has 4 nitrogen and oxygen atoms in total. The van der Waals surface area contributed by atoms with Crippen LogP contribution in [0.4, 0.5) is 0 Å². The highest BCUT2D eigenvalue weighted by Gasteiger charge is 2.15. The van der Waals surface area contributed by atoms with Crippen LogP contribution in [-0.2, 0) is 9.53 Å². The van der Waals surface area contributed by atoms with Gasteiger partial charge in [-0.05, 0) is 6.42 Å². The minimum atomic E-state index is 0.220. The summed E-state index contributed by atoms with van der Waals surface area (Å²) in [5.74, 6) is 0.220. The lowest BCUT2D eigenvalue weighted by molar-refractivity contribution is -0.135. The molecule has 1 N–H and O–H groups in total. The van der Waals surface area contributed by atoms with Crippen molar-refractivity contribution in [3.8, 4) is 0 Å². The lowest BCUT2D eigenvalue weighted by Crippen LogP contribution is -2.41. The van der Waals surface area contributed by atoms with E-state index in [0.29, 0.717) is 19.6 Å². The van der Waals surface area contributed by atoms with Gasteiger partial charge in [0.05, 0.1) is 13.2 Å². The minimum absolute atomic E-state index is 0.220. The third kappa shape index (κ3) is 4.77. The number of amides is 1. The average molecular weight is 226 g/mol. The maximum Gasteiger partial charge on any atom is 0.224 e. The highest BCUT2D eigenvalue weighted by Crippen LogP contribution is 1.99. The zero-order valence-corrected chi connectivity index (χ0v) is 10.1. The molecular formula is C12H22N2O2. The molecule has 0 bridgehead atoms. The van der Waals surface area contributed by atoms with Crippen molar-refractivity contribution in [2.75, 3.05) is 39.4 Å². The third-order valence-electron chi connectivity index (χ3n) is 2.75. The molecule has 4 heteroatoms. The molecule has 0 atom stereocenters. The fraction of sp³-hybridized carbons (Fsp3) is 0.750. The average Bonchev–Trinajstić information content (AvgIpc) is 2.35. The van der Waals surface area contributed by atoms with Crippen LogP contribution in [0, 0.1) is 0 Å². The van der Waals surface area contributed by atoms with Crippen molar-refractivity contribution in [2.45, 2.75) is 19.8 Å². The highest BCUT2D eigenvalue weighted by atomic mass is 16.5. The Morgan fingerprint density at radius 1 is 1.44 bits per heavy atom. The van der Waals surface area contributed by atoms with Crippen LogP contribution >= 0.6 is 0 Å². The van der Waals surface area contributed by atoms with Crippen molar-refractivity contribution in [2.24, 2.45) is 0 Å². The molecule has 0 aliphatic carbocycles. The van der Waals surface area contributed by atoms with E-state index in [1.807, 2.05) is 4.90 Å². The van der Waals surface area contributed by atoms with Crippen molar-refractivity contribution >= 4 is 5.91 Å². The van der Waals surface area contributed by atoms with Gasteiger partial charge in [0.15, 0.2) is 0 Å². The Labute approximate surface area is 97.6 Å². The lowest BCUT2D eigenvalue weighted by atomic mass is 10.2. The Balaban J connectivity index is 2.07. The standard InChI is InChI=1S/C12H22N2O2/c1-3-11(2)10-13-5-4-12(15)14-6-8-16-9-7-14/h13H,2-10H2,1H3. The Morgan fingerprint density at radius 3 is 2.75 bits per heavy atom. The van der Waals surface area contributed by atoms with Gasteiger partial charge in [0.2, 0.25) is 5.91 Å². The van der Waals surface area contributed by atoms with E-state index in [4.69, 9.17) is 4.74 Å². The summed E-state index contributed by atoms with van der Waals surface area (Å²) in [5.41, 5.74) is 1.18. The number of morpholine rings is 1. The Morgan fingerprint density at radius 2 is 2.12 bits per heavy atom. The first kappa shape index (κ1) is 13.2. The van der Waals surface area contributed by atoms with E-state index in [9.17, 15) is 4.79 Å². The van der Waals surface area contributed by atoms with Crippen LogP contribution < -0.4 is 5.32 Å². The summed E-state index contributed by atoms with van der Waals surface area (Å²) < 4.78 is 5.20. The second-order valence-corrected chi connectivity index (χ2v) is 4.02. The quantitative estimate of drug-likeness (QED) is 0.538. The van der Waals surface area contributed by atoms with Gasteiger partial charge < -0.3 is 15.0 Å². The molecule has 1 aliphatic rings. The number of carbonyl (C=O) groups is 1. The van der Waals surface area contributed by atoms with E-state index < -0.39 is 0 Å². The predicted octanol–water partition coefficient (Wildman–Crippen LogP) is 0.791. The first-order chi connectivity index (χ1) is 7.74. The molecule has 0 unspecified atom stereocenters. The third-order valence-corrected chi connectivity index (χ3v) is 2.75. The molecule has 1 amide bonds. The maximum atomic E-state index is 11.7. The number of hydrogen-bond acceptors (Lipinski definition) is 3. The largest absolute Gasteiger partial charge is 0.378 e. The summed E-state index contributed by atoms with van der Waals surface area (Å²) in [6.07, 6.45) is 1.56. The smallest absolute Gasteiger partial charge is 0.224 e. The SMILES string of the molecule is C=C(CC)CNCCC(=O)N1CCOCC1. The van der Waals surface area contributed by atoms with Crippen molar-refractivity contribution in [1.29, 1.82) is 0 Å². The van der Waals surface area contributed by atoms with Gasteiger partial charge in [0, 0.05) is 32.6 Å². The number of nitrogens with one attached hydrogen (secondary N) is 1. The van der Waals surface area contributed by atoms with Crippen molar-refractivity contribution in [3.05, 3.63) is 12.2 Å². The molecule has 0 radical (unpaired) electrons. The molecule has 0 aromatic carbocycles. The van der Waals surface area contributed by atoms with Gasteiger partial charge in [0.1, 0.15) is 0 Å². The fourth-order valence-electron chi connectivity index (χ4n) is 1.56. The van der Waals surface area contributed by atoms with Crippen molar-refractivity contribution < 1.29 is 9.53 Å². The number of rotatable bonds is 6. The van der Waals surface area contributed by atoms with Crippen LogP contribution in [0.3, 0.4) is 0 Å². The van der Waals surface area contributed by atoms with Gasteiger partial charge in [0.25, 0.3) is 0 Å². The zero-order valence-electron chi connectivity index (χ0n) is 10.1. The van der Waals surface area contributed by atoms with E-state index in [0.717, 1.165) is 32.6 Å². The molecule has 1 aliphatic heterocycles. The molecule has 1 heterocycles. The van der Waals surface area contributed by atoms with Crippen LogP contribution in [-0.4, -0.2) is 50.2 Å². The highest BCUT2D eigenvalue weighted by molar-refractivity contribution is 5.76. The van der Waals surface area contributed by atoms with Gasteiger partial charge in [-0.3, -0.25) is 4.79 Å². The van der Waals surface area contributed by atoms with Crippen molar-refractivity contribution in [1.82, 2.24) is 10.2 Å². The van der Waals surface area contributed by atoms with Crippen LogP contribution in [0.5, 0.6) is 0 Å². The molecule has 0 aromatic rings. The van der Waals surface area contributed by atoms with E-state index >= 15 is 0 Å². The first-order valence-electron chi connectivity index (χ1n) is 5.97. The molecule has 1 saturated heterocycles. The van der Waals surface area contributed by atoms with Crippen molar-refractivity contribution in [3.63, 3.8) is 0 Å². The molecule has 1 fully saturated rings. The zero-order chi connectivity index (χ0) is 11.8. The summed E-state index contributed by atoms with van der Waals surface area (Å²) in [4.78, 5) is 13.6. The summed E-state index contributed by atoms with van der Waals surface area (Å²) in [6.45, 7) is 10.4. The van der Waals surface area contributed by atoms with Crippen LogP contribution in [0.1, 0.15) is 19.8 Å². The van der Waals surface area contributed by atoms with Crippen LogP contribution in [0.2, 0.25) is 0 Å². The van der Waals surface area contributed by atoms with E-state index in [-0.39, 0.29) is 5.91 Å². The number of nitrogens with zero attached hydrogens (tertiary/aromatic N) is 1. The van der Waals surface area contributed by atoms with E-state index in [1.165, 1.54) is 5.57 Å². The molecule has 0 saturated carbocycles. The van der Waals surface area contributed by atoms with E-state index in [1.54, 1.807) is 0 Å². The lowest BCUT2D eigenvalue weighted by Gasteiger charge is -2.26. The maximum absolute atomic E-state index is 11.7. The fourth-order valence-corrected chi connectivity index (χ4v) is 1.56. The monoisotopic (exact) mass is 226 g/mol. The molecule has 0 aromatic heterocycles. The minimum Gasteiger partial charge on any atom is -0.378 e. The van der Waals surface area contributed by atoms with Gasteiger partial charge in [-0.25, -0.2) is 0 Å². The van der Waals surface area contributed by atoms with Gasteiger partial charge in [-0.2, -0.15) is 0 Å². The molecule has 1 rings (SSSR count). The Kier molecular flexibility index (Phi) is 6.11. The van der Waals surface area contributed by atoms with Crippen LogP contribution in [0.15, 0.2) is 12.2 Å². The molecular weight excluding hydrogens is 204 g/mol. The molecule has 16 heavy (non-hydrogen) atoms. The number of hydrogen-bond donors (Lipinski definition) is 1. The first-order valence-corrected chi connectivity index (χ1v) is 5.97. The summed E-state index contributed by atoms with van der Waals surface area (Å²) >= 11 is 0. The number of ether oxygens (including phenoxy) is 1. The summed E-state index contributed by atoms with van der Waals surface area (Å²) in [6, 6.07) is 0. The van der Waals surface area contributed by atoms with Gasteiger partial charge in [-0.1, -0.05) is 19.1 Å². The molecule has 0 spiro atoms.